The third kappa shape index (κ3) is 2.35. The van der Waals surface area contributed by atoms with Gasteiger partial charge in [-0.1, -0.05) is 18.2 Å². The first-order valence-corrected chi connectivity index (χ1v) is 7.41. The van der Waals surface area contributed by atoms with E-state index in [-0.39, 0.29) is 6.42 Å². The van der Waals surface area contributed by atoms with E-state index < -0.39 is 29.9 Å². The van der Waals surface area contributed by atoms with Gasteiger partial charge in [0.1, 0.15) is 6.61 Å². The van der Waals surface area contributed by atoms with Crippen molar-refractivity contribution in [1.29, 1.82) is 0 Å². The molecule has 1 saturated heterocycles. The molecule has 0 radical (unpaired) electrons. The van der Waals surface area contributed by atoms with Crippen molar-refractivity contribution in [2.45, 2.75) is 17.9 Å². The molecule has 1 aromatic heterocycles. The maximum absolute atomic E-state index is 12.6. The molecule has 0 aliphatic carbocycles. The van der Waals surface area contributed by atoms with E-state index in [0.717, 1.165) is 16.5 Å². The molecule has 0 spiro atoms. The minimum absolute atomic E-state index is 0.121. The third-order valence-corrected chi connectivity index (χ3v) is 4.40. The zero-order chi connectivity index (χ0) is 17.4. The Labute approximate surface area is 138 Å². The van der Waals surface area contributed by atoms with Crippen LogP contribution in [0.3, 0.4) is 0 Å². The monoisotopic (exact) mass is 333 g/mol. The number of aromatic nitrogens is 1. The number of H-pyrrole nitrogens is 1. The Morgan fingerprint density at radius 3 is 2.33 bits per heavy atom. The summed E-state index contributed by atoms with van der Waals surface area (Å²) in [5.41, 5.74) is -1.65. The number of hydrogen-bond acceptors (Lipinski definition) is 5. The quantitative estimate of drug-likeness (QED) is 0.597. The summed E-state index contributed by atoms with van der Waals surface area (Å²) in [6.45, 7) is -0.687. The van der Waals surface area contributed by atoms with Crippen LogP contribution in [-0.2, 0) is 25.5 Å². The Morgan fingerprint density at radius 1 is 1.04 bits per heavy atom. The second-order valence-corrected chi connectivity index (χ2v) is 5.66. The summed E-state index contributed by atoms with van der Waals surface area (Å²) >= 11 is 0. The van der Waals surface area contributed by atoms with Gasteiger partial charge in [0.2, 0.25) is 11.4 Å². The lowest BCUT2D eigenvalue weighted by Crippen LogP contribution is -2.77. The highest BCUT2D eigenvalue weighted by Crippen LogP contribution is 2.26. The number of methoxy groups -OCH3 is 2. The van der Waals surface area contributed by atoms with E-state index >= 15 is 0 Å². The zero-order valence-corrected chi connectivity index (χ0v) is 13.4. The van der Waals surface area contributed by atoms with Crippen LogP contribution in [0.2, 0.25) is 0 Å². The van der Waals surface area contributed by atoms with Gasteiger partial charge in [-0.3, -0.25) is 9.59 Å². The number of piperazine rings is 1. The maximum atomic E-state index is 12.6. The molecule has 128 valence electrons. The molecular weight excluding hydrogens is 314 g/mol. The number of nitrogens with one attached hydrogen (secondary N) is 3. The molecule has 1 aliphatic rings. The van der Waals surface area contributed by atoms with Gasteiger partial charge in [-0.25, -0.2) is 0 Å². The van der Waals surface area contributed by atoms with Gasteiger partial charge in [0, 0.05) is 37.7 Å². The van der Waals surface area contributed by atoms with E-state index in [9.17, 15) is 14.7 Å². The largest absolute Gasteiger partial charge is 0.391 e. The molecule has 0 bridgehead atoms. The fourth-order valence-corrected chi connectivity index (χ4v) is 2.89. The molecule has 8 heteroatoms. The van der Waals surface area contributed by atoms with Crippen molar-refractivity contribution in [3.8, 4) is 0 Å². The number of fused-ring (bicyclic) bond motifs is 1. The summed E-state index contributed by atoms with van der Waals surface area (Å²) in [5.74, 6) is -1.26. The number of para-hydroxylation sites is 1. The average molecular weight is 333 g/mol. The van der Waals surface area contributed by atoms with Crippen LogP contribution in [0, 0.1) is 0 Å². The van der Waals surface area contributed by atoms with Gasteiger partial charge in [-0.2, -0.15) is 0 Å². The molecule has 1 fully saturated rings. The van der Waals surface area contributed by atoms with Crippen molar-refractivity contribution < 1.29 is 24.2 Å². The highest BCUT2D eigenvalue weighted by Gasteiger charge is 2.55. The number of carbonyl (C=O) groups is 2. The van der Waals surface area contributed by atoms with Crippen LogP contribution in [-0.4, -0.2) is 54.2 Å². The fourth-order valence-electron chi connectivity index (χ4n) is 2.89. The molecule has 8 nitrogen and oxygen atoms in total. The van der Waals surface area contributed by atoms with E-state index in [1.807, 2.05) is 24.3 Å². The molecule has 0 unspecified atom stereocenters. The first-order chi connectivity index (χ1) is 11.5. The fraction of sp³-hybridized carbons (Fsp3) is 0.375. The number of benzene rings is 1. The van der Waals surface area contributed by atoms with E-state index in [1.165, 1.54) is 14.2 Å². The van der Waals surface area contributed by atoms with E-state index in [0.29, 0.717) is 0 Å². The molecule has 2 atom stereocenters. The zero-order valence-electron chi connectivity index (χ0n) is 13.4. The Morgan fingerprint density at radius 2 is 1.67 bits per heavy atom. The molecule has 1 aromatic carbocycles. The summed E-state index contributed by atoms with van der Waals surface area (Å²) in [7, 11) is 2.57. The van der Waals surface area contributed by atoms with Crippen molar-refractivity contribution in [2.24, 2.45) is 0 Å². The van der Waals surface area contributed by atoms with Gasteiger partial charge in [0.05, 0.1) is 0 Å². The van der Waals surface area contributed by atoms with E-state index in [2.05, 4.69) is 15.6 Å². The summed E-state index contributed by atoms with van der Waals surface area (Å²) in [4.78, 5) is 28.1. The van der Waals surface area contributed by atoms with Gasteiger partial charge in [-0.05, 0) is 11.6 Å². The number of aromatic amines is 1. The number of ether oxygens (including phenoxy) is 2. The SMILES string of the molecule is CO[C@]1(CO)NC(=O)[C@@](Cc2c[nH]c3ccccc23)(OC)NC1=O. The summed E-state index contributed by atoms with van der Waals surface area (Å²) in [5, 5.41) is 15.3. The standard InChI is InChI=1S/C16H19N3O5/c1-23-15(7-10-8-17-12-6-4-3-5-11(10)12)13(21)19-16(9-20,24-2)14(22)18-15/h3-6,8,17,20H,7,9H2,1-2H3,(H,18,22)(H,19,21)/t15-,16+/m1/s1. The molecule has 0 saturated carbocycles. The summed E-state index contributed by atoms with van der Waals surface area (Å²) in [6.07, 6.45) is 1.89. The lowest BCUT2D eigenvalue weighted by molar-refractivity contribution is -0.188. The predicted octanol–water partition coefficient (Wildman–Crippen LogP) is -0.366. The Bertz CT molecular complexity index is 783. The number of hydrogen-bond donors (Lipinski definition) is 4. The summed E-state index contributed by atoms with van der Waals surface area (Å²) in [6, 6.07) is 7.62. The third-order valence-electron chi connectivity index (χ3n) is 4.40. The molecule has 2 aromatic rings. The lowest BCUT2D eigenvalue weighted by Gasteiger charge is -2.43. The van der Waals surface area contributed by atoms with Crippen molar-refractivity contribution in [2.75, 3.05) is 20.8 Å². The topological polar surface area (TPSA) is 113 Å². The van der Waals surface area contributed by atoms with Crippen LogP contribution < -0.4 is 10.6 Å². The van der Waals surface area contributed by atoms with Crippen molar-refractivity contribution >= 4 is 22.7 Å². The van der Waals surface area contributed by atoms with Crippen LogP contribution in [0.25, 0.3) is 10.9 Å². The number of rotatable bonds is 5. The van der Waals surface area contributed by atoms with Gasteiger partial charge in [-0.15, -0.1) is 0 Å². The van der Waals surface area contributed by atoms with Crippen molar-refractivity contribution in [1.82, 2.24) is 15.6 Å². The van der Waals surface area contributed by atoms with Crippen molar-refractivity contribution in [3.63, 3.8) is 0 Å². The Kier molecular flexibility index (Phi) is 4.04. The predicted molar refractivity (Wildman–Crippen MR) is 84.9 cm³/mol. The average Bonchev–Trinajstić information content (AvgIpc) is 3.01. The van der Waals surface area contributed by atoms with Crippen LogP contribution in [0.15, 0.2) is 30.5 Å². The van der Waals surface area contributed by atoms with E-state index in [4.69, 9.17) is 9.47 Å². The molecule has 4 N–H and O–H groups in total. The molecular formula is C16H19N3O5. The highest BCUT2D eigenvalue weighted by atomic mass is 16.5. The smallest absolute Gasteiger partial charge is 0.278 e. The molecule has 2 heterocycles. The van der Waals surface area contributed by atoms with Crippen LogP contribution >= 0.6 is 0 Å². The first kappa shape index (κ1) is 16.4. The minimum Gasteiger partial charge on any atom is -0.391 e. The maximum Gasteiger partial charge on any atom is 0.278 e. The number of aliphatic hydroxyl groups is 1. The highest BCUT2D eigenvalue weighted by molar-refractivity contribution is 6.01. The van der Waals surface area contributed by atoms with Crippen molar-refractivity contribution in [3.05, 3.63) is 36.0 Å². The summed E-state index contributed by atoms with van der Waals surface area (Å²) < 4.78 is 10.4. The normalized spacial score (nSPS) is 27.1. The van der Waals surface area contributed by atoms with Crippen LogP contribution in [0.4, 0.5) is 0 Å². The number of carbonyl (C=O) groups excluding carboxylic acids is 2. The minimum atomic E-state index is -1.81. The van der Waals surface area contributed by atoms with Gasteiger partial charge in [0.25, 0.3) is 11.8 Å². The lowest BCUT2D eigenvalue weighted by atomic mass is 9.96. The molecule has 2 amide bonds. The van der Waals surface area contributed by atoms with Gasteiger partial charge < -0.3 is 30.2 Å². The Hall–Kier alpha value is -2.42. The van der Waals surface area contributed by atoms with E-state index in [1.54, 1.807) is 6.20 Å². The molecule has 24 heavy (non-hydrogen) atoms. The second-order valence-electron chi connectivity index (χ2n) is 5.66. The second kappa shape index (κ2) is 5.90. The first-order valence-electron chi connectivity index (χ1n) is 7.41. The Balaban J connectivity index is 1.95. The van der Waals surface area contributed by atoms with Gasteiger partial charge in [0.15, 0.2) is 0 Å². The van der Waals surface area contributed by atoms with Crippen LogP contribution in [0.1, 0.15) is 5.56 Å². The van der Waals surface area contributed by atoms with Crippen LogP contribution in [0.5, 0.6) is 0 Å². The van der Waals surface area contributed by atoms with Gasteiger partial charge >= 0.3 is 0 Å². The number of aliphatic hydroxyl groups excluding tert-OH is 1. The molecule has 1 aliphatic heterocycles. The number of amides is 2. The molecule has 3 rings (SSSR count).